The average molecular weight is 273 g/mol. The van der Waals surface area contributed by atoms with Crippen LogP contribution in [0.15, 0.2) is 18.2 Å². The van der Waals surface area contributed by atoms with Gasteiger partial charge in [-0.1, -0.05) is 38.5 Å². The Hall–Kier alpha value is -1.31. The lowest BCUT2D eigenvalue weighted by atomic mass is 9.89. The molecule has 1 aliphatic carbocycles. The van der Waals surface area contributed by atoms with Gasteiger partial charge < -0.3 is 5.32 Å². The zero-order chi connectivity index (χ0) is 14.5. The fourth-order valence-electron chi connectivity index (χ4n) is 3.03. The summed E-state index contributed by atoms with van der Waals surface area (Å²) >= 11 is 0. The van der Waals surface area contributed by atoms with Gasteiger partial charge in [0.1, 0.15) is 0 Å². The number of amides is 1. The number of carbonyl (C=O) groups excluding carboxylic acids is 1. The molecule has 1 N–H and O–H groups in total. The summed E-state index contributed by atoms with van der Waals surface area (Å²) in [5, 5.41) is 3.15. The highest BCUT2D eigenvalue weighted by atomic mass is 16.1. The summed E-state index contributed by atoms with van der Waals surface area (Å²) < 4.78 is 0. The van der Waals surface area contributed by atoms with Gasteiger partial charge in [-0.2, -0.15) is 0 Å². The number of hydrogen-bond donors (Lipinski definition) is 1. The summed E-state index contributed by atoms with van der Waals surface area (Å²) in [4.78, 5) is 12.1. The Morgan fingerprint density at radius 2 is 1.90 bits per heavy atom. The molecule has 2 rings (SSSR count). The van der Waals surface area contributed by atoms with Gasteiger partial charge in [0.05, 0.1) is 6.04 Å². The van der Waals surface area contributed by atoms with Crippen LogP contribution in [-0.4, -0.2) is 5.91 Å². The van der Waals surface area contributed by atoms with Crippen LogP contribution in [0, 0.1) is 5.92 Å². The van der Waals surface area contributed by atoms with Gasteiger partial charge in [0, 0.05) is 5.92 Å². The minimum atomic E-state index is 0.106. The second-order valence-corrected chi connectivity index (χ2v) is 6.16. The molecule has 20 heavy (non-hydrogen) atoms. The van der Waals surface area contributed by atoms with E-state index in [0.29, 0.717) is 0 Å². The molecule has 0 saturated carbocycles. The van der Waals surface area contributed by atoms with Crippen LogP contribution >= 0.6 is 0 Å². The second kappa shape index (κ2) is 6.92. The molecule has 1 amide bonds. The fraction of sp³-hybridized carbons (Fsp3) is 0.611. The van der Waals surface area contributed by atoms with E-state index in [9.17, 15) is 4.79 Å². The van der Waals surface area contributed by atoms with E-state index in [2.05, 4.69) is 37.4 Å². The van der Waals surface area contributed by atoms with E-state index in [1.165, 1.54) is 42.4 Å². The van der Waals surface area contributed by atoms with Gasteiger partial charge in [-0.15, -0.1) is 0 Å². The van der Waals surface area contributed by atoms with E-state index < -0.39 is 0 Å². The van der Waals surface area contributed by atoms with Gasteiger partial charge in [0.15, 0.2) is 0 Å². The van der Waals surface area contributed by atoms with Crippen LogP contribution in [-0.2, 0) is 17.6 Å². The third-order valence-corrected chi connectivity index (χ3v) is 4.40. The van der Waals surface area contributed by atoms with Crippen molar-refractivity contribution in [3.8, 4) is 0 Å². The Kier molecular flexibility index (Phi) is 5.22. The molecule has 0 saturated heterocycles. The largest absolute Gasteiger partial charge is 0.349 e. The van der Waals surface area contributed by atoms with Crippen molar-refractivity contribution in [2.24, 2.45) is 5.92 Å². The van der Waals surface area contributed by atoms with Crippen molar-refractivity contribution in [3.05, 3.63) is 34.9 Å². The molecule has 0 heterocycles. The highest BCUT2D eigenvalue weighted by Gasteiger charge is 2.17. The van der Waals surface area contributed by atoms with Crippen LogP contribution in [0.1, 0.15) is 69.2 Å². The van der Waals surface area contributed by atoms with Crippen LogP contribution in [0.5, 0.6) is 0 Å². The van der Waals surface area contributed by atoms with Crippen molar-refractivity contribution in [2.45, 2.75) is 65.3 Å². The molecule has 2 heteroatoms. The van der Waals surface area contributed by atoms with Crippen molar-refractivity contribution in [2.75, 3.05) is 0 Å². The lowest BCUT2D eigenvalue weighted by Crippen LogP contribution is -2.31. The minimum absolute atomic E-state index is 0.106. The summed E-state index contributed by atoms with van der Waals surface area (Å²) in [5.74, 6) is 0.289. The number of fused-ring (bicyclic) bond motifs is 1. The highest BCUT2D eigenvalue weighted by molar-refractivity contribution is 5.78. The molecular weight excluding hydrogens is 246 g/mol. The molecule has 0 bridgehead atoms. The van der Waals surface area contributed by atoms with Crippen LogP contribution in [0.2, 0.25) is 0 Å². The van der Waals surface area contributed by atoms with E-state index in [1.807, 2.05) is 6.92 Å². The maximum Gasteiger partial charge on any atom is 0.223 e. The monoisotopic (exact) mass is 273 g/mol. The molecule has 0 radical (unpaired) electrons. The summed E-state index contributed by atoms with van der Waals surface area (Å²) in [5.41, 5.74) is 4.22. The zero-order valence-corrected chi connectivity index (χ0v) is 13.0. The fourth-order valence-corrected chi connectivity index (χ4v) is 3.03. The zero-order valence-electron chi connectivity index (χ0n) is 13.0. The van der Waals surface area contributed by atoms with Crippen molar-refractivity contribution in [3.63, 3.8) is 0 Å². The third-order valence-electron chi connectivity index (χ3n) is 4.40. The van der Waals surface area contributed by atoms with Crippen LogP contribution in [0.3, 0.4) is 0 Å². The third kappa shape index (κ3) is 3.62. The number of carbonyl (C=O) groups is 1. The first-order valence-electron chi connectivity index (χ1n) is 8.04. The Morgan fingerprint density at radius 1 is 1.20 bits per heavy atom. The van der Waals surface area contributed by atoms with Crippen LogP contribution < -0.4 is 5.32 Å². The molecule has 2 atom stereocenters. The predicted octanol–water partition coefficient (Wildman–Crippen LogP) is 4.18. The molecule has 0 spiro atoms. The molecule has 2 unspecified atom stereocenters. The lowest BCUT2D eigenvalue weighted by molar-refractivity contribution is -0.125. The Labute approximate surface area is 123 Å². The number of aryl methyl sites for hydroxylation is 2. The first-order valence-corrected chi connectivity index (χ1v) is 8.04. The standard InChI is InChI=1S/C18H27NO/c1-4-7-13(2)18(20)19-14(3)16-11-10-15-8-5-6-9-17(15)12-16/h10-14H,4-9H2,1-3H3,(H,19,20). The molecule has 0 aliphatic heterocycles. The van der Waals surface area contributed by atoms with Gasteiger partial charge in [0.25, 0.3) is 0 Å². The molecule has 1 aromatic carbocycles. The van der Waals surface area contributed by atoms with Crippen LogP contribution in [0.25, 0.3) is 0 Å². The quantitative estimate of drug-likeness (QED) is 0.856. The first-order chi connectivity index (χ1) is 9.61. The molecule has 110 valence electrons. The van der Waals surface area contributed by atoms with Crippen molar-refractivity contribution in [1.82, 2.24) is 5.32 Å². The summed E-state index contributed by atoms with van der Waals surface area (Å²) in [6, 6.07) is 6.83. The number of hydrogen-bond acceptors (Lipinski definition) is 1. The predicted molar refractivity (Wildman–Crippen MR) is 83.7 cm³/mol. The van der Waals surface area contributed by atoms with E-state index in [4.69, 9.17) is 0 Å². The molecule has 1 aromatic rings. The molecule has 1 aliphatic rings. The summed E-state index contributed by atoms with van der Waals surface area (Å²) in [6.45, 7) is 6.22. The Bertz CT molecular complexity index is 466. The maximum atomic E-state index is 12.1. The van der Waals surface area contributed by atoms with E-state index in [-0.39, 0.29) is 17.9 Å². The number of rotatable bonds is 5. The molecule has 2 nitrogen and oxygen atoms in total. The summed E-state index contributed by atoms with van der Waals surface area (Å²) in [6.07, 6.45) is 7.03. The molecule has 0 fully saturated rings. The number of nitrogens with one attached hydrogen (secondary N) is 1. The van der Waals surface area contributed by atoms with Crippen molar-refractivity contribution in [1.29, 1.82) is 0 Å². The maximum absolute atomic E-state index is 12.1. The van der Waals surface area contributed by atoms with Crippen molar-refractivity contribution < 1.29 is 4.79 Å². The van der Waals surface area contributed by atoms with Crippen LogP contribution in [0.4, 0.5) is 0 Å². The smallest absolute Gasteiger partial charge is 0.223 e. The normalized spacial score (nSPS) is 17.1. The Morgan fingerprint density at radius 3 is 2.60 bits per heavy atom. The SMILES string of the molecule is CCCC(C)C(=O)NC(C)c1ccc2c(c1)CCCC2. The van der Waals surface area contributed by atoms with Gasteiger partial charge in [-0.05, 0) is 55.7 Å². The summed E-state index contributed by atoms with van der Waals surface area (Å²) in [7, 11) is 0. The molecular formula is C18H27NO. The van der Waals surface area contributed by atoms with Gasteiger partial charge >= 0.3 is 0 Å². The molecule has 0 aromatic heterocycles. The average Bonchev–Trinajstić information content (AvgIpc) is 2.46. The first kappa shape index (κ1) is 15.1. The second-order valence-electron chi connectivity index (χ2n) is 6.16. The van der Waals surface area contributed by atoms with E-state index >= 15 is 0 Å². The Balaban J connectivity index is 2.02. The minimum Gasteiger partial charge on any atom is -0.349 e. The van der Waals surface area contributed by atoms with Crippen molar-refractivity contribution >= 4 is 5.91 Å². The van der Waals surface area contributed by atoms with E-state index in [1.54, 1.807) is 0 Å². The van der Waals surface area contributed by atoms with E-state index in [0.717, 1.165) is 12.8 Å². The lowest BCUT2D eigenvalue weighted by Gasteiger charge is -2.21. The topological polar surface area (TPSA) is 29.1 Å². The number of benzene rings is 1. The van der Waals surface area contributed by atoms with Gasteiger partial charge in [0.2, 0.25) is 5.91 Å². The van der Waals surface area contributed by atoms with Gasteiger partial charge in [-0.25, -0.2) is 0 Å². The highest BCUT2D eigenvalue weighted by Crippen LogP contribution is 2.25. The van der Waals surface area contributed by atoms with Gasteiger partial charge in [-0.3, -0.25) is 4.79 Å².